The van der Waals surface area contributed by atoms with Gasteiger partial charge in [0.15, 0.2) is 0 Å². The van der Waals surface area contributed by atoms with Gasteiger partial charge in [-0.15, -0.1) is 0 Å². The van der Waals surface area contributed by atoms with Crippen molar-refractivity contribution >= 4 is 37.7 Å². The Morgan fingerprint density at radius 3 is 1.80 bits per heavy atom. The maximum absolute atomic E-state index is 12.0. The monoisotopic (exact) mass is 410 g/mol. The van der Waals surface area contributed by atoms with Crippen molar-refractivity contribution in [3.63, 3.8) is 0 Å². The van der Waals surface area contributed by atoms with Gasteiger partial charge in [0.2, 0.25) is 5.95 Å². The Labute approximate surface area is 134 Å². The molecule has 0 aliphatic heterocycles. The van der Waals surface area contributed by atoms with Crippen LogP contribution in [0.1, 0.15) is 7.43 Å². The zero-order valence-electron chi connectivity index (χ0n) is 9.72. The number of nitrogens with zero attached hydrogens (tertiary/aromatic N) is 2. The number of nitrogens with one attached hydrogen (secondary N) is 1. The molecule has 0 radical (unpaired) electrons. The molecular weight excluding hydrogens is 395 g/mol. The number of rotatable bonds is 1. The lowest BCUT2D eigenvalue weighted by atomic mass is 10.5. The summed E-state index contributed by atoms with van der Waals surface area (Å²) in [5.74, 6) is 13.3. The summed E-state index contributed by atoms with van der Waals surface area (Å²) in [6, 6.07) is 6.60. The van der Waals surface area contributed by atoms with E-state index in [0.29, 0.717) is 10.3 Å². The molecule has 0 bridgehead atoms. The van der Waals surface area contributed by atoms with E-state index in [1.54, 1.807) is 18.3 Å². The van der Waals surface area contributed by atoms with E-state index < -0.39 is 5.95 Å². The first-order chi connectivity index (χ1) is 9.11. The van der Waals surface area contributed by atoms with E-state index in [-0.39, 0.29) is 7.43 Å². The summed E-state index contributed by atoms with van der Waals surface area (Å²) in [6.07, 6.45) is 3.07. The quantitative estimate of drug-likeness (QED) is 0.325. The normalized spacial score (nSPS) is 8.10. The summed E-state index contributed by atoms with van der Waals surface area (Å²) >= 11 is 6.35. The largest absolute Gasteiger partial charge is 0.308 e. The van der Waals surface area contributed by atoms with E-state index in [1.807, 2.05) is 6.07 Å². The minimum atomic E-state index is -0.459. The van der Waals surface area contributed by atoms with Crippen molar-refractivity contribution < 1.29 is 4.39 Å². The molecule has 2 heterocycles. The average Bonchev–Trinajstić information content (AvgIpc) is 2.41. The fourth-order valence-corrected chi connectivity index (χ4v) is 1.50. The molecule has 7 N–H and O–H groups in total. The van der Waals surface area contributed by atoms with Gasteiger partial charge in [0.05, 0.1) is 0 Å². The number of hydrazine groups is 2. The highest BCUT2D eigenvalue weighted by molar-refractivity contribution is 9.10. The lowest BCUT2D eigenvalue weighted by Gasteiger charge is -1.95. The summed E-state index contributed by atoms with van der Waals surface area (Å²) < 4.78 is 13.7. The van der Waals surface area contributed by atoms with Gasteiger partial charge in [-0.3, -0.25) is 11.7 Å². The van der Waals surface area contributed by atoms with Crippen molar-refractivity contribution in [2.75, 3.05) is 5.43 Å². The molecule has 6 nitrogen and oxygen atoms in total. The van der Waals surface area contributed by atoms with Crippen LogP contribution in [0.4, 0.5) is 10.2 Å². The number of anilines is 1. The van der Waals surface area contributed by atoms with Gasteiger partial charge in [-0.2, -0.15) is 4.39 Å². The Morgan fingerprint density at radius 2 is 1.50 bits per heavy atom. The molecule has 0 spiro atoms. The number of nitrogen functional groups attached to an aromatic ring is 1. The minimum Gasteiger partial charge on any atom is -0.308 e. The molecule has 0 aliphatic carbocycles. The molecule has 2 aromatic heterocycles. The third-order valence-electron chi connectivity index (χ3n) is 1.56. The van der Waals surface area contributed by atoms with Crippen LogP contribution < -0.4 is 23.0 Å². The summed E-state index contributed by atoms with van der Waals surface area (Å²) in [7, 11) is 0. The van der Waals surface area contributed by atoms with Crippen LogP contribution in [0.5, 0.6) is 0 Å². The lowest BCUT2D eigenvalue weighted by molar-refractivity contribution is 0.583. The smallest absolute Gasteiger partial charge is 0.213 e. The summed E-state index contributed by atoms with van der Waals surface area (Å²) in [6.45, 7) is 0. The van der Waals surface area contributed by atoms with Gasteiger partial charge in [-0.1, -0.05) is 39.3 Å². The fourth-order valence-electron chi connectivity index (χ4n) is 0.863. The third-order valence-corrected chi connectivity index (χ3v) is 2.54. The van der Waals surface area contributed by atoms with Crippen LogP contribution in [0.3, 0.4) is 0 Å². The third kappa shape index (κ3) is 9.75. The molecule has 112 valence electrons. The first-order valence-corrected chi connectivity index (χ1v) is 6.39. The van der Waals surface area contributed by atoms with E-state index in [9.17, 15) is 4.39 Å². The van der Waals surface area contributed by atoms with Gasteiger partial charge >= 0.3 is 0 Å². The highest BCUT2D eigenvalue weighted by Crippen LogP contribution is 2.10. The van der Waals surface area contributed by atoms with Gasteiger partial charge in [-0.25, -0.2) is 15.8 Å². The van der Waals surface area contributed by atoms with Gasteiger partial charge < -0.3 is 5.43 Å². The maximum atomic E-state index is 12.0. The Morgan fingerprint density at radius 1 is 1.00 bits per heavy atom. The van der Waals surface area contributed by atoms with Crippen molar-refractivity contribution in [3.05, 3.63) is 51.6 Å². The maximum Gasteiger partial charge on any atom is 0.213 e. The second kappa shape index (κ2) is 12.9. The van der Waals surface area contributed by atoms with Crippen molar-refractivity contribution in [1.29, 1.82) is 0 Å². The zero-order chi connectivity index (χ0) is 14.7. The predicted octanol–water partition coefficient (Wildman–Crippen LogP) is 2.57. The average molecular weight is 412 g/mol. The minimum absolute atomic E-state index is 0. The van der Waals surface area contributed by atoms with Gasteiger partial charge in [0, 0.05) is 27.4 Å². The summed E-state index contributed by atoms with van der Waals surface area (Å²) in [5.41, 5.74) is 2.43. The number of hydrogen-bond acceptors (Lipinski definition) is 6. The first kappa shape index (κ1) is 21.2. The Hall–Kier alpha value is -1.13. The van der Waals surface area contributed by atoms with Crippen LogP contribution in [0, 0.1) is 5.95 Å². The lowest BCUT2D eigenvalue weighted by Crippen LogP contribution is -2.07. The number of nitrogens with two attached hydrogens (primary N) is 3. The number of pyridine rings is 2. The fraction of sp³-hybridized carbons (Fsp3) is 0.0909. The highest BCUT2D eigenvalue weighted by atomic mass is 79.9. The molecule has 0 atom stereocenters. The number of aromatic nitrogens is 2. The first-order valence-electron chi connectivity index (χ1n) is 4.80. The van der Waals surface area contributed by atoms with Crippen LogP contribution >= 0.6 is 31.9 Å². The van der Waals surface area contributed by atoms with Gasteiger partial charge in [-0.05, 0) is 18.2 Å². The van der Waals surface area contributed by atoms with Gasteiger partial charge in [0.1, 0.15) is 5.82 Å². The van der Waals surface area contributed by atoms with Crippen LogP contribution in [0.15, 0.2) is 45.6 Å². The highest BCUT2D eigenvalue weighted by Gasteiger charge is 1.88. The van der Waals surface area contributed by atoms with E-state index in [0.717, 1.165) is 4.47 Å². The molecule has 0 saturated heterocycles. The molecule has 0 aliphatic rings. The van der Waals surface area contributed by atoms with E-state index >= 15 is 0 Å². The molecule has 0 fully saturated rings. The van der Waals surface area contributed by atoms with Crippen LogP contribution in [-0.2, 0) is 0 Å². The second-order valence-electron chi connectivity index (χ2n) is 2.80. The van der Waals surface area contributed by atoms with E-state index in [2.05, 4.69) is 58.9 Å². The molecule has 0 unspecified atom stereocenters. The van der Waals surface area contributed by atoms with E-state index in [1.165, 1.54) is 12.3 Å². The van der Waals surface area contributed by atoms with E-state index in [4.69, 9.17) is 5.84 Å². The van der Waals surface area contributed by atoms with Crippen molar-refractivity contribution in [2.45, 2.75) is 7.43 Å². The van der Waals surface area contributed by atoms with Crippen molar-refractivity contribution in [2.24, 2.45) is 17.5 Å². The predicted molar refractivity (Wildman–Crippen MR) is 86.7 cm³/mol. The Bertz CT molecular complexity index is 469. The molecule has 9 heteroatoms. The van der Waals surface area contributed by atoms with Crippen molar-refractivity contribution in [1.82, 2.24) is 9.97 Å². The molecule has 2 rings (SSSR count). The Balaban J connectivity index is 0. The number of halogens is 3. The molecule has 0 aromatic carbocycles. The second-order valence-corrected chi connectivity index (χ2v) is 4.63. The Kier molecular flexibility index (Phi) is 13.6. The molecule has 0 saturated carbocycles. The summed E-state index contributed by atoms with van der Waals surface area (Å²) in [5, 5.41) is 0. The molecular formula is C11H17Br2FN6. The SMILES string of the molecule is C.Fc1cc(Br)ccn1.NN.NNc1cc(Br)ccn1. The topological polar surface area (TPSA) is 116 Å². The summed E-state index contributed by atoms with van der Waals surface area (Å²) in [4.78, 5) is 7.24. The van der Waals surface area contributed by atoms with Crippen LogP contribution in [0.25, 0.3) is 0 Å². The van der Waals surface area contributed by atoms with Crippen molar-refractivity contribution in [3.8, 4) is 0 Å². The molecule has 0 amide bonds. The zero-order valence-corrected chi connectivity index (χ0v) is 12.9. The standard InChI is InChI=1S/C5H3BrFN.C5H6BrN3.CH4.H4N2/c6-4-1-2-8-5(7)3-4;6-4-1-2-8-5(3-4)9-7;;1-2/h1-3H;1-3H,7H2,(H,8,9);1H4;1-2H2. The van der Waals surface area contributed by atoms with Crippen LogP contribution in [0.2, 0.25) is 0 Å². The van der Waals surface area contributed by atoms with Gasteiger partial charge in [0.25, 0.3) is 0 Å². The molecule has 20 heavy (non-hydrogen) atoms. The number of hydrogen-bond donors (Lipinski definition) is 4. The molecule has 2 aromatic rings. The van der Waals surface area contributed by atoms with Crippen LogP contribution in [-0.4, -0.2) is 9.97 Å².